The minimum atomic E-state index is -0.693. The number of aryl methyl sites for hydroxylation is 2. The average molecular weight is 440 g/mol. The van der Waals surface area contributed by atoms with Gasteiger partial charge in [-0.15, -0.1) is 0 Å². The smallest absolute Gasteiger partial charge is 0.279 e. The molecular weight excluding hydrogens is 404 g/mol. The summed E-state index contributed by atoms with van der Waals surface area (Å²) in [4.78, 5) is 14.2. The number of hydrogen-bond acceptors (Lipinski definition) is 4. The van der Waals surface area contributed by atoms with Crippen molar-refractivity contribution in [1.82, 2.24) is 0 Å². The van der Waals surface area contributed by atoms with Gasteiger partial charge in [0.2, 0.25) is 0 Å². The van der Waals surface area contributed by atoms with Gasteiger partial charge in [-0.2, -0.15) is 0 Å². The number of hydrogen-bond donors (Lipinski definition) is 4. The maximum atomic E-state index is 13.1. The molecule has 4 atom stereocenters. The highest BCUT2D eigenvalue weighted by molar-refractivity contribution is 5.92. The van der Waals surface area contributed by atoms with Crippen LogP contribution in [0.3, 0.4) is 0 Å². The van der Waals surface area contributed by atoms with Crippen molar-refractivity contribution < 1.29 is 24.6 Å². The molecule has 1 aliphatic heterocycles. The molecule has 0 radical (unpaired) electrons. The molecule has 4 rings (SSSR count). The van der Waals surface area contributed by atoms with Gasteiger partial charge in [-0.1, -0.05) is 30.5 Å². The van der Waals surface area contributed by atoms with E-state index in [0.717, 1.165) is 53.9 Å². The van der Waals surface area contributed by atoms with Gasteiger partial charge in [0, 0.05) is 23.6 Å². The predicted octanol–water partition coefficient (Wildman–Crippen LogP) is 2.91. The lowest BCUT2D eigenvalue weighted by Crippen LogP contribution is -3.16. The van der Waals surface area contributed by atoms with Crippen molar-refractivity contribution >= 4 is 11.6 Å². The Bertz CT molecular complexity index is 992. The lowest BCUT2D eigenvalue weighted by Gasteiger charge is -2.50. The highest BCUT2D eigenvalue weighted by Gasteiger charge is 2.52. The molecule has 0 aromatic heterocycles. The zero-order chi connectivity index (χ0) is 22.9. The largest absolute Gasteiger partial charge is 0.504 e. The summed E-state index contributed by atoms with van der Waals surface area (Å²) in [6.45, 7) is 5.09. The van der Waals surface area contributed by atoms with Crippen molar-refractivity contribution in [2.75, 3.05) is 25.5 Å². The van der Waals surface area contributed by atoms with Crippen LogP contribution in [0.4, 0.5) is 5.69 Å². The first-order chi connectivity index (χ1) is 15.3. The number of benzene rings is 2. The van der Waals surface area contributed by atoms with E-state index in [4.69, 9.17) is 4.74 Å². The molecule has 2 aliphatic rings. The lowest BCUT2D eigenvalue weighted by atomic mass is 9.66. The fourth-order valence-corrected chi connectivity index (χ4v) is 5.76. The van der Waals surface area contributed by atoms with E-state index in [1.54, 1.807) is 13.2 Å². The zero-order valence-electron chi connectivity index (χ0n) is 19.3. The zero-order valence-corrected chi connectivity index (χ0v) is 19.3. The van der Waals surface area contributed by atoms with Gasteiger partial charge < -0.3 is 25.2 Å². The number of likely N-dealkylation sites (tertiary alicyclic amines) is 1. The number of anilines is 1. The van der Waals surface area contributed by atoms with Crippen LogP contribution in [0.5, 0.6) is 11.5 Å². The quantitative estimate of drug-likeness (QED) is 0.577. The van der Waals surface area contributed by atoms with Gasteiger partial charge in [0.05, 0.1) is 19.3 Å². The second kappa shape index (κ2) is 9.12. The van der Waals surface area contributed by atoms with E-state index in [1.165, 1.54) is 5.56 Å². The fraction of sp³-hybridized carbons (Fsp3) is 0.500. The van der Waals surface area contributed by atoms with E-state index < -0.39 is 5.60 Å². The number of piperidine rings is 1. The summed E-state index contributed by atoms with van der Waals surface area (Å²) in [5.41, 5.74) is 3.36. The van der Waals surface area contributed by atoms with Crippen LogP contribution in [-0.2, 0) is 4.79 Å². The van der Waals surface area contributed by atoms with Crippen molar-refractivity contribution in [2.45, 2.75) is 57.6 Å². The van der Waals surface area contributed by atoms with E-state index >= 15 is 0 Å². The SMILES string of the molecule is COc1cc([C@@H]2[C@H]3CCCC[C@@]3(O)CC[NH+]2CC(=O)Nc2ccc(C)cc2C)ccc1O. The number of methoxy groups -OCH3 is 1. The molecule has 0 bridgehead atoms. The molecule has 1 amide bonds. The monoisotopic (exact) mass is 439 g/mol. The molecule has 2 aromatic carbocycles. The Labute approximate surface area is 190 Å². The molecule has 1 unspecified atom stereocenters. The third kappa shape index (κ3) is 4.48. The summed E-state index contributed by atoms with van der Waals surface area (Å²) < 4.78 is 5.35. The molecule has 2 fully saturated rings. The fourth-order valence-electron chi connectivity index (χ4n) is 5.76. The van der Waals surface area contributed by atoms with E-state index in [1.807, 2.05) is 38.1 Å². The molecule has 1 heterocycles. The number of aromatic hydroxyl groups is 1. The number of ether oxygens (including phenoxy) is 1. The lowest BCUT2D eigenvalue weighted by molar-refractivity contribution is -0.937. The Balaban J connectivity index is 1.61. The number of rotatable bonds is 5. The molecule has 1 saturated carbocycles. The number of amides is 1. The molecule has 2 aromatic rings. The summed E-state index contributed by atoms with van der Waals surface area (Å²) in [5.74, 6) is 0.568. The van der Waals surface area contributed by atoms with E-state index in [9.17, 15) is 15.0 Å². The topological polar surface area (TPSA) is 83.2 Å². The highest BCUT2D eigenvalue weighted by Crippen LogP contribution is 2.45. The van der Waals surface area contributed by atoms with Gasteiger partial charge in [-0.05, 0) is 56.5 Å². The Kier molecular flexibility index (Phi) is 6.45. The second-order valence-electron chi connectivity index (χ2n) is 9.57. The molecule has 1 aliphatic carbocycles. The van der Waals surface area contributed by atoms with Crippen molar-refractivity contribution in [3.63, 3.8) is 0 Å². The van der Waals surface area contributed by atoms with Crippen LogP contribution in [0.2, 0.25) is 0 Å². The van der Waals surface area contributed by atoms with Crippen LogP contribution in [0.1, 0.15) is 54.8 Å². The van der Waals surface area contributed by atoms with Gasteiger partial charge in [0.1, 0.15) is 6.04 Å². The number of carbonyl (C=O) groups excluding carboxylic acids is 1. The van der Waals surface area contributed by atoms with Gasteiger partial charge in [-0.3, -0.25) is 4.79 Å². The Morgan fingerprint density at radius 1 is 1.19 bits per heavy atom. The van der Waals surface area contributed by atoms with Crippen molar-refractivity contribution in [3.8, 4) is 11.5 Å². The number of aliphatic hydroxyl groups is 1. The first kappa shape index (κ1) is 22.6. The van der Waals surface area contributed by atoms with Crippen LogP contribution in [-0.4, -0.2) is 41.9 Å². The molecular formula is C26H35N2O4+. The molecule has 1 saturated heterocycles. The minimum Gasteiger partial charge on any atom is -0.504 e. The van der Waals surface area contributed by atoms with E-state index in [0.29, 0.717) is 18.7 Å². The van der Waals surface area contributed by atoms with Crippen molar-refractivity contribution in [1.29, 1.82) is 0 Å². The van der Waals surface area contributed by atoms with E-state index in [2.05, 4.69) is 11.4 Å². The maximum absolute atomic E-state index is 13.1. The number of phenolic OH excluding ortho intramolecular Hbond substituents is 1. The summed E-state index contributed by atoms with van der Waals surface area (Å²) in [6, 6.07) is 11.4. The van der Waals surface area contributed by atoms with Gasteiger partial charge in [0.15, 0.2) is 18.0 Å². The van der Waals surface area contributed by atoms with Crippen LogP contribution in [0, 0.1) is 19.8 Å². The number of nitrogens with one attached hydrogen (secondary N) is 2. The normalized spacial score (nSPS) is 27.4. The predicted molar refractivity (Wildman–Crippen MR) is 124 cm³/mol. The number of carbonyl (C=O) groups is 1. The molecule has 4 N–H and O–H groups in total. The Morgan fingerprint density at radius 3 is 2.75 bits per heavy atom. The maximum Gasteiger partial charge on any atom is 0.279 e. The minimum absolute atomic E-state index is 0.0241. The Morgan fingerprint density at radius 2 is 2.00 bits per heavy atom. The standard InChI is InChI=1S/C26H34N2O4/c1-17-7-9-21(18(2)14-17)27-24(30)16-28-13-12-26(31)11-5-4-6-20(26)25(28)19-8-10-22(29)23(15-19)32-3/h7-10,14-15,20,25,29,31H,4-6,11-13,16H2,1-3H3,(H,27,30)/p+1/t20-,25-,26-/m1/s1. The third-order valence-electron chi connectivity index (χ3n) is 7.39. The second-order valence-corrected chi connectivity index (χ2v) is 9.57. The molecule has 32 heavy (non-hydrogen) atoms. The first-order valence-electron chi connectivity index (χ1n) is 11.6. The Hall–Kier alpha value is -2.57. The molecule has 0 spiro atoms. The summed E-state index contributed by atoms with van der Waals surface area (Å²) >= 11 is 0. The summed E-state index contributed by atoms with van der Waals surface area (Å²) in [5, 5.41) is 24.6. The molecule has 172 valence electrons. The van der Waals surface area contributed by atoms with Crippen LogP contribution < -0.4 is 15.0 Å². The molecule has 6 nitrogen and oxygen atoms in total. The van der Waals surface area contributed by atoms with E-state index in [-0.39, 0.29) is 23.6 Å². The third-order valence-corrected chi connectivity index (χ3v) is 7.39. The first-order valence-corrected chi connectivity index (χ1v) is 11.6. The molecule has 6 heteroatoms. The number of phenols is 1. The van der Waals surface area contributed by atoms with Crippen LogP contribution in [0.15, 0.2) is 36.4 Å². The number of quaternary nitrogens is 1. The van der Waals surface area contributed by atoms with Gasteiger partial charge in [0.25, 0.3) is 5.91 Å². The van der Waals surface area contributed by atoms with Gasteiger partial charge >= 0.3 is 0 Å². The van der Waals surface area contributed by atoms with Crippen LogP contribution in [0.25, 0.3) is 0 Å². The summed E-state index contributed by atoms with van der Waals surface area (Å²) in [6.07, 6.45) is 4.58. The summed E-state index contributed by atoms with van der Waals surface area (Å²) in [7, 11) is 1.54. The highest BCUT2D eigenvalue weighted by atomic mass is 16.5. The number of fused-ring (bicyclic) bond motifs is 1. The average Bonchev–Trinajstić information content (AvgIpc) is 2.76. The van der Waals surface area contributed by atoms with Crippen molar-refractivity contribution in [3.05, 3.63) is 53.1 Å². The van der Waals surface area contributed by atoms with Crippen LogP contribution >= 0.6 is 0 Å². The van der Waals surface area contributed by atoms with Gasteiger partial charge in [-0.25, -0.2) is 0 Å². The van der Waals surface area contributed by atoms with Crippen molar-refractivity contribution in [2.24, 2.45) is 5.92 Å².